The van der Waals surface area contributed by atoms with Gasteiger partial charge in [-0.15, -0.1) is 0 Å². The van der Waals surface area contributed by atoms with E-state index >= 15 is 0 Å². The summed E-state index contributed by atoms with van der Waals surface area (Å²) >= 11 is 0. The maximum absolute atomic E-state index is 7.27. The van der Waals surface area contributed by atoms with Crippen molar-refractivity contribution in [3.63, 3.8) is 0 Å². The summed E-state index contributed by atoms with van der Waals surface area (Å²) in [4.78, 5) is 11.3. The summed E-state index contributed by atoms with van der Waals surface area (Å²) in [5.41, 5.74) is 3.08. The Morgan fingerprint density at radius 2 is 0.918 bits per heavy atom. The summed E-state index contributed by atoms with van der Waals surface area (Å²) in [5.74, 6) is 3.79. The molecule has 0 amide bonds. The van der Waals surface area contributed by atoms with Crippen molar-refractivity contribution in [2.45, 2.75) is 309 Å². The van der Waals surface area contributed by atoms with Crippen molar-refractivity contribution in [3.05, 3.63) is 0 Å². The molecule has 0 radical (unpaired) electrons. The van der Waals surface area contributed by atoms with Crippen LogP contribution in [0.15, 0.2) is 9.98 Å². The minimum absolute atomic E-state index is 0.334. The highest BCUT2D eigenvalue weighted by Crippen LogP contribution is 2.48. The molecule has 1 saturated heterocycles. The van der Waals surface area contributed by atoms with Crippen LogP contribution in [0.25, 0.3) is 0 Å². The normalized spacial score (nSPS) is 30.5. The smallest absolute Gasteiger partial charge is 0.0638 e. The van der Waals surface area contributed by atoms with Gasteiger partial charge in [0.05, 0.1) is 18.2 Å². The van der Waals surface area contributed by atoms with Gasteiger partial charge in [0.1, 0.15) is 0 Å². The van der Waals surface area contributed by atoms with E-state index in [9.17, 15) is 0 Å². The van der Waals surface area contributed by atoms with Crippen LogP contribution in [0.5, 0.6) is 0 Å². The highest BCUT2D eigenvalue weighted by atomic mass is 16.5. The van der Waals surface area contributed by atoms with Crippen molar-refractivity contribution in [2.75, 3.05) is 6.61 Å². The van der Waals surface area contributed by atoms with Crippen LogP contribution < -0.4 is 5.32 Å². The third-order valence-corrected chi connectivity index (χ3v) is 17.2. The van der Waals surface area contributed by atoms with Gasteiger partial charge in [-0.3, -0.25) is 9.98 Å². The van der Waals surface area contributed by atoms with E-state index in [-0.39, 0.29) is 0 Å². The van der Waals surface area contributed by atoms with Crippen LogP contribution in [0.3, 0.4) is 0 Å². The first-order valence-electron chi connectivity index (χ1n) is 28.2. The van der Waals surface area contributed by atoms with Gasteiger partial charge >= 0.3 is 0 Å². The molecular formula is C57H105N3O. The fourth-order valence-corrected chi connectivity index (χ4v) is 13.5. The second-order valence-corrected chi connectivity index (χ2v) is 23.2. The Kier molecular flexibility index (Phi) is 24.4. The van der Waals surface area contributed by atoms with Gasteiger partial charge in [-0.25, -0.2) is 0 Å². The van der Waals surface area contributed by atoms with Gasteiger partial charge < -0.3 is 10.1 Å². The van der Waals surface area contributed by atoms with Crippen LogP contribution in [0, 0.1) is 35.0 Å². The van der Waals surface area contributed by atoms with Crippen molar-refractivity contribution in [3.8, 4) is 0 Å². The summed E-state index contributed by atoms with van der Waals surface area (Å²) in [6, 6.07) is 1.76. The summed E-state index contributed by atoms with van der Waals surface area (Å²) in [7, 11) is 0. The quantitative estimate of drug-likeness (QED) is 0.0696. The molecule has 0 spiro atoms. The van der Waals surface area contributed by atoms with E-state index in [1.54, 1.807) is 0 Å². The van der Waals surface area contributed by atoms with Crippen LogP contribution >= 0.6 is 0 Å². The maximum atomic E-state index is 7.27. The molecule has 1 heterocycles. The molecule has 5 aliphatic rings. The fourth-order valence-electron chi connectivity index (χ4n) is 13.5. The molecule has 0 aromatic carbocycles. The van der Waals surface area contributed by atoms with E-state index < -0.39 is 0 Å². The minimum atomic E-state index is 0.334. The number of hydrogen-bond donors (Lipinski definition) is 1. The average Bonchev–Trinajstić information content (AvgIpc) is 3.27. The lowest BCUT2D eigenvalue weighted by Crippen LogP contribution is -2.50. The van der Waals surface area contributed by atoms with Crippen molar-refractivity contribution in [2.24, 2.45) is 45.0 Å². The van der Waals surface area contributed by atoms with Crippen LogP contribution in [-0.2, 0) is 4.74 Å². The molecule has 1 N–H and O–H groups in total. The Labute approximate surface area is 381 Å². The predicted octanol–water partition coefficient (Wildman–Crippen LogP) is 17.0. The Morgan fingerprint density at radius 1 is 0.492 bits per heavy atom. The lowest BCUT2D eigenvalue weighted by atomic mass is 9.62. The molecule has 6 unspecified atom stereocenters. The molecule has 0 bridgehead atoms. The second kappa shape index (κ2) is 29.0. The van der Waals surface area contributed by atoms with E-state index in [0.29, 0.717) is 53.4 Å². The molecule has 1 aliphatic heterocycles. The van der Waals surface area contributed by atoms with E-state index in [0.717, 1.165) is 18.4 Å². The van der Waals surface area contributed by atoms with E-state index in [4.69, 9.17) is 14.7 Å². The van der Waals surface area contributed by atoms with Gasteiger partial charge in [0, 0.05) is 30.1 Å². The summed E-state index contributed by atoms with van der Waals surface area (Å²) < 4.78 is 7.27. The molecule has 0 aromatic rings. The van der Waals surface area contributed by atoms with E-state index in [1.807, 2.05) is 0 Å². The molecular weight excluding hydrogens is 743 g/mol. The number of nitrogens with one attached hydrogen (secondary N) is 1. The standard InChI is InChI=1S/C57H105N3O/c1-7-8-9-10-11-12-13-14-15-16-17-18-19-20-21-22-23-32-42-61-56-50(47-34-26-24-27-35-47)43-49(44-51(56)48-36-28-25-29-37-48)58-45(2)53-40-33-41-54(60-53)46(3)59-55-39-31-30-38-52(55)57(4,5)6/h47-56,60H,7-44H2,1-6H3. The van der Waals surface area contributed by atoms with Crippen LogP contribution in [0.1, 0.15) is 279 Å². The molecule has 354 valence electrons. The van der Waals surface area contributed by atoms with E-state index in [2.05, 4.69) is 46.9 Å². The monoisotopic (exact) mass is 848 g/mol. The first kappa shape index (κ1) is 51.2. The SMILES string of the molecule is CCCCCCCCCCCCCCCCCCCCOC1C(C2CCCCC2)CC(N=C(C)C2CCCC(C(C)=NC3CCCCC3C(C)(C)C)N2)CC1C1CCCCC1. The zero-order valence-corrected chi connectivity index (χ0v) is 41.9. The first-order valence-corrected chi connectivity index (χ1v) is 28.2. The average molecular weight is 848 g/mol. The van der Waals surface area contributed by atoms with Crippen molar-refractivity contribution >= 4 is 11.4 Å². The molecule has 4 saturated carbocycles. The van der Waals surface area contributed by atoms with Crippen LogP contribution in [0.4, 0.5) is 0 Å². The summed E-state index contributed by atoms with van der Waals surface area (Å²) in [5, 5.41) is 4.13. The Morgan fingerprint density at radius 3 is 1.39 bits per heavy atom. The zero-order valence-electron chi connectivity index (χ0n) is 41.9. The lowest BCUT2D eigenvalue weighted by Gasteiger charge is -2.48. The Balaban J connectivity index is 1.08. The van der Waals surface area contributed by atoms with Crippen molar-refractivity contribution < 1.29 is 4.74 Å². The highest BCUT2D eigenvalue weighted by molar-refractivity contribution is 5.91. The minimum Gasteiger partial charge on any atom is -0.378 e. The third kappa shape index (κ3) is 18.2. The van der Waals surface area contributed by atoms with Crippen molar-refractivity contribution in [1.82, 2.24) is 5.32 Å². The molecule has 61 heavy (non-hydrogen) atoms. The summed E-state index contributed by atoms with van der Waals surface area (Å²) in [6.45, 7) is 15.4. The van der Waals surface area contributed by atoms with Gasteiger partial charge in [-0.1, -0.05) is 214 Å². The Hall–Kier alpha value is -0.740. The van der Waals surface area contributed by atoms with Gasteiger partial charge in [0.25, 0.3) is 0 Å². The topological polar surface area (TPSA) is 46.0 Å². The molecule has 5 fully saturated rings. The fraction of sp³-hybridized carbons (Fsp3) is 0.965. The van der Waals surface area contributed by atoms with Crippen LogP contribution in [0.2, 0.25) is 0 Å². The molecule has 6 atom stereocenters. The summed E-state index contributed by atoms with van der Waals surface area (Å²) in [6.07, 6.45) is 52.2. The number of aliphatic imine (C=N–C) groups is 2. The first-order chi connectivity index (χ1) is 29.7. The third-order valence-electron chi connectivity index (χ3n) is 17.2. The van der Waals surface area contributed by atoms with Gasteiger partial charge in [0.2, 0.25) is 0 Å². The van der Waals surface area contributed by atoms with E-state index in [1.165, 1.54) is 249 Å². The van der Waals surface area contributed by atoms with Crippen molar-refractivity contribution in [1.29, 1.82) is 0 Å². The second-order valence-electron chi connectivity index (χ2n) is 23.2. The number of hydrogen-bond acceptors (Lipinski definition) is 4. The Bertz CT molecular complexity index is 1160. The molecule has 4 heteroatoms. The largest absolute Gasteiger partial charge is 0.378 e. The number of piperidine rings is 1. The van der Waals surface area contributed by atoms with Gasteiger partial charge in [-0.2, -0.15) is 0 Å². The molecule has 4 aliphatic carbocycles. The maximum Gasteiger partial charge on any atom is 0.0638 e. The molecule has 0 aromatic heterocycles. The predicted molar refractivity (Wildman–Crippen MR) is 268 cm³/mol. The zero-order chi connectivity index (χ0) is 43.1. The van der Waals surface area contributed by atoms with Crippen LogP contribution in [-0.4, -0.2) is 48.3 Å². The van der Waals surface area contributed by atoms with Gasteiger partial charge in [-0.05, 0) is 100 Å². The number of rotatable bonds is 26. The number of unbranched alkanes of at least 4 members (excludes halogenated alkanes) is 17. The number of nitrogens with zero attached hydrogens (tertiary/aromatic N) is 2. The van der Waals surface area contributed by atoms with Gasteiger partial charge in [0.15, 0.2) is 0 Å². The lowest BCUT2D eigenvalue weighted by molar-refractivity contribution is -0.0951. The number of ether oxygens (including phenoxy) is 1. The molecule has 5 rings (SSSR count). The molecule has 4 nitrogen and oxygen atoms in total. The highest BCUT2D eigenvalue weighted by Gasteiger charge is 2.45.